The standard InChI is InChI=1S/C29H35NO2/c1-21-10-9-15-29(2)17-27-24(16-26(21)29)25(28(31)32-27)20-30(18-22-11-5-3-6-12-22)19-23-13-7-4-8-14-23/h3-8,11-14,24-27H,1,9-10,15-20H2,2H3/p+1/t24-,25+,26-,27-,29-/m1/s1. The number of esters is 1. The molecule has 0 aromatic heterocycles. The number of rotatable bonds is 6. The highest BCUT2D eigenvalue weighted by Crippen LogP contribution is 2.56. The molecular weight excluding hydrogens is 394 g/mol. The van der Waals surface area contributed by atoms with E-state index in [0.29, 0.717) is 11.8 Å². The number of fused-ring (bicyclic) bond motifs is 2. The Morgan fingerprint density at radius 2 is 1.66 bits per heavy atom. The number of carbonyl (C=O) groups is 1. The quantitative estimate of drug-likeness (QED) is 0.537. The van der Waals surface area contributed by atoms with E-state index in [9.17, 15) is 4.79 Å². The summed E-state index contributed by atoms with van der Waals surface area (Å²) in [5.41, 5.74) is 4.30. The Hall–Kier alpha value is -2.39. The predicted octanol–water partition coefficient (Wildman–Crippen LogP) is 4.59. The van der Waals surface area contributed by atoms with Gasteiger partial charge in [-0.15, -0.1) is 0 Å². The summed E-state index contributed by atoms with van der Waals surface area (Å²) in [6.07, 6.45) is 5.79. The molecule has 2 saturated carbocycles. The minimum Gasteiger partial charge on any atom is -0.462 e. The van der Waals surface area contributed by atoms with Crippen molar-refractivity contribution in [2.45, 2.75) is 58.2 Å². The van der Waals surface area contributed by atoms with E-state index in [2.05, 4.69) is 74.2 Å². The topological polar surface area (TPSA) is 30.7 Å². The molecule has 0 unspecified atom stereocenters. The van der Waals surface area contributed by atoms with Gasteiger partial charge in [0, 0.05) is 17.0 Å². The number of allylic oxidation sites excluding steroid dienone is 1. The van der Waals surface area contributed by atoms with Crippen LogP contribution in [0.4, 0.5) is 0 Å². The molecule has 3 fully saturated rings. The fourth-order valence-corrected chi connectivity index (χ4v) is 6.78. The number of hydrogen-bond acceptors (Lipinski definition) is 2. The first-order valence-electron chi connectivity index (χ1n) is 12.3. The van der Waals surface area contributed by atoms with Gasteiger partial charge in [-0.2, -0.15) is 0 Å². The first-order valence-corrected chi connectivity index (χ1v) is 12.3. The number of quaternary nitrogens is 1. The molecule has 0 amide bonds. The molecule has 0 radical (unpaired) electrons. The summed E-state index contributed by atoms with van der Waals surface area (Å²) < 4.78 is 6.05. The van der Waals surface area contributed by atoms with Gasteiger partial charge in [-0.25, -0.2) is 0 Å². The highest BCUT2D eigenvalue weighted by molar-refractivity contribution is 5.75. The Kier molecular flexibility index (Phi) is 5.94. The van der Waals surface area contributed by atoms with Crippen molar-refractivity contribution in [1.82, 2.24) is 0 Å². The predicted molar refractivity (Wildman–Crippen MR) is 127 cm³/mol. The van der Waals surface area contributed by atoms with Crippen LogP contribution >= 0.6 is 0 Å². The van der Waals surface area contributed by atoms with Crippen LogP contribution in [0.2, 0.25) is 0 Å². The summed E-state index contributed by atoms with van der Waals surface area (Å²) in [6.45, 7) is 9.52. The van der Waals surface area contributed by atoms with Crippen molar-refractivity contribution >= 4 is 5.97 Å². The smallest absolute Gasteiger partial charge is 0.315 e. The number of hydrogen-bond donors (Lipinski definition) is 1. The van der Waals surface area contributed by atoms with Crippen LogP contribution in [0.15, 0.2) is 72.8 Å². The molecule has 32 heavy (non-hydrogen) atoms. The maximum Gasteiger partial charge on any atom is 0.315 e. The number of ether oxygens (including phenoxy) is 1. The van der Waals surface area contributed by atoms with E-state index in [0.717, 1.165) is 38.9 Å². The second kappa shape index (κ2) is 8.86. The molecule has 3 heteroatoms. The third-order valence-corrected chi connectivity index (χ3v) is 8.42. The van der Waals surface area contributed by atoms with Gasteiger partial charge in [-0.05, 0) is 43.4 Å². The Morgan fingerprint density at radius 1 is 1.03 bits per heavy atom. The van der Waals surface area contributed by atoms with Crippen LogP contribution in [0.1, 0.15) is 50.2 Å². The van der Waals surface area contributed by atoms with E-state index in [1.54, 1.807) is 0 Å². The van der Waals surface area contributed by atoms with Gasteiger partial charge in [0.2, 0.25) is 0 Å². The highest BCUT2D eigenvalue weighted by atomic mass is 16.6. The van der Waals surface area contributed by atoms with Gasteiger partial charge in [0.25, 0.3) is 0 Å². The average molecular weight is 431 g/mol. The van der Waals surface area contributed by atoms with E-state index >= 15 is 0 Å². The minimum atomic E-state index is -0.0123. The van der Waals surface area contributed by atoms with Gasteiger partial charge < -0.3 is 9.64 Å². The van der Waals surface area contributed by atoms with E-state index < -0.39 is 0 Å². The van der Waals surface area contributed by atoms with Gasteiger partial charge in [-0.3, -0.25) is 4.79 Å². The monoisotopic (exact) mass is 430 g/mol. The van der Waals surface area contributed by atoms with Gasteiger partial charge >= 0.3 is 5.97 Å². The Bertz CT molecular complexity index is 914. The van der Waals surface area contributed by atoms with Crippen LogP contribution in [0.25, 0.3) is 0 Å². The number of benzene rings is 2. The Morgan fingerprint density at radius 3 is 2.28 bits per heavy atom. The lowest BCUT2D eigenvalue weighted by Crippen LogP contribution is -3.10. The molecule has 3 nitrogen and oxygen atoms in total. The molecule has 1 saturated heterocycles. The summed E-state index contributed by atoms with van der Waals surface area (Å²) in [7, 11) is 0. The van der Waals surface area contributed by atoms with Crippen molar-refractivity contribution in [3.05, 3.63) is 83.9 Å². The lowest BCUT2D eigenvalue weighted by atomic mass is 9.55. The first kappa shape index (κ1) is 21.5. The maximum atomic E-state index is 13.1. The van der Waals surface area contributed by atoms with E-state index in [1.165, 1.54) is 34.4 Å². The maximum absolute atomic E-state index is 13.1. The molecule has 2 aromatic rings. The molecule has 3 aliphatic rings. The van der Waals surface area contributed by atoms with Gasteiger partial charge in [0.05, 0.1) is 6.54 Å². The summed E-state index contributed by atoms with van der Waals surface area (Å²) in [4.78, 5) is 14.5. The molecule has 168 valence electrons. The molecule has 0 bridgehead atoms. The van der Waals surface area contributed by atoms with Crippen LogP contribution < -0.4 is 4.90 Å². The molecule has 1 aliphatic heterocycles. The van der Waals surface area contributed by atoms with Crippen LogP contribution in [0, 0.1) is 23.2 Å². The van der Waals surface area contributed by atoms with Crippen molar-refractivity contribution in [2.75, 3.05) is 6.54 Å². The molecule has 5 rings (SSSR count). The fourth-order valence-electron chi connectivity index (χ4n) is 6.78. The Labute approximate surface area is 192 Å². The van der Waals surface area contributed by atoms with E-state index in [4.69, 9.17) is 4.74 Å². The van der Waals surface area contributed by atoms with E-state index in [1.807, 2.05) is 0 Å². The molecule has 1 heterocycles. The second-order valence-electron chi connectivity index (χ2n) is 10.7. The van der Waals surface area contributed by atoms with Gasteiger partial charge in [-0.1, -0.05) is 79.7 Å². The van der Waals surface area contributed by atoms with Gasteiger partial charge in [0.1, 0.15) is 25.1 Å². The van der Waals surface area contributed by atoms with Crippen LogP contribution in [0.3, 0.4) is 0 Å². The lowest BCUT2D eigenvalue weighted by Gasteiger charge is -2.50. The minimum absolute atomic E-state index is 0.0123. The van der Waals surface area contributed by atoms with Crippen LogP contribution in [0.5, 0.6) is 0 Å². The molecule has 1 N–H and O–H groups in total. The number of carbonyl (C=O) groups excluding carboxylic acids is 1. The zero-order chi connectivity index (χ0) is 22.1. The molecule has 5 atom stereocenters. The molecule has 2 aliphatic carbocycles. The third kappa shape index (κ3) is 4.28. The molecule has 2 aromatic carbocycles. The summed E-state index contributed by atoms with van der Waals surface area (Å²) in [5.74, 6) is 0.895. The zero-order valence-electron chi connectivity index (χ0n) is 19.3. The van der Waals surface area contributed by atoms with Crippen molar-refractivity contribution in [1.29, 1.82) is 0 Å². The largest absolute Gasteiger partial charge is 0.462 e. The van der Waals surface area contributed by atoms with Crippen molar-refractivity contribution in [2.24, 2.45) is 23.2 Å². The van der Waals surface area contributed by atoms with Crippen molar-refractivity contribution in [3.8, 4) is 0 Å². The average Bonchev–Trinajstić information content (AvgIpc) is 3.07. The van der Waals surface area contributed by atoms with Crippen LogP contribution in [-0.2, 0) is 22.6 Å². The molecule has 0 spiro atoms. The SMILES string of the molecule is C=C1CCC[C@]2(C)C[C@H]3OC(=O)[C@@H](C[NH+](Cc4ccccc4)Cc4ccccc4)[C@H]3C[C@H]12. The van der Waals surface area contributed by atoms with Crippen molar-refractivity contribution < 1.29 is 14.4 Å². The zero-order valence-corrected chi connectivity index (χ0v) is 19.3. The summed E-state index contributed by atoms with van der Waals surface area (Å²) >= 11 is 0. The lowest BCUT2D eigenvalue weighted by molar-refractivity contribution is -0.930. The third-order valence-electron chi connectivity index (χ3n) is 8.42. The van der Waals surface area contributed by atoms with Crippen molar-refractivity contribution in [3.63, 3.8) is 0 Å². The number of nitrogens with one attached hydrogen (secondary N) is 1. The first-order chi connectivity index (χ1) is 15.5. The van der Waals surface area contributed by atoms with E-state index in [-0.39, 0.29) is 23.4 Å². The Balaban J connectivity index is 1.36. The summed E-state index contributed by atoms with van der Waals surface area (Å²) in [6, 6.07) is 21.3. The molecular formula is C29H36NO2+. The normalized spacial score (nSPS) is 31.8. The van der Waals surface area contributed by atoms with Gasteiger partial charge in [0.15, 0.2) is 0 Å². The van der Waals surface area contributed by atoms with Crippen LogP contribution in [-0.4, -0.2) is 18.6 Å². The highest BCUT2D eigenvalue weighted by Gasteiger charge is 2.56. The summed E-state index contributed by atoms with van der Waals surface area (Å²) in [5, 5.41) is 0. The fraction of sp³-hybridized carbons (Fsp3) is 0.483. The second-order valence-corrected chi connectivity index (χ2v) is 10.7.